The Morgan fingerprint density at radius 2 is 1.88 bits per heavy atom. The lowest BCUT2D eigenvalue weighted by molar-refractivity contribution is -0.0489. The van der Waals surface area contributed by atoms with Gasteiger partial charge in [-0.05, 0) is 78.9 Å². The van der Waals surface area contributed by atoms with Gasteiger partial charge < -0.3 is 0 Å². The molecule has 5 fully saturated rings. The van der Waals surface area contributed by atoms with Gasteiger partial charge in [-0.25, -0.2) is 0 Å². The maximum Gasteiger partial charge on any atom is -0.0138 e. The minimum absolute atomic E-state index is 1.04. The summed E-state index contributed by atoms with van der Waals surface area (Å²) >= 11 is 0. The van der Waals surface area contributed by atoms with E-state index in [1.807, 2.05) is 5.57 Å². The number of rotatable bonds is 0. The van der Waals surface area contributed by atoms with Crippen molar-refractivity contribution in [2.75, 3.05) is 0 Å². The molecule has 5 saturated carbocycles. The summed E-state index contributed by atoms with van der Waals surface area (Å²) < 4.78 is 0. The Morgan fingerprint density at radius 3 is 2.88 bits per heavy atom. The first-order valence-corrected chi connectivity index (χ1v) is 8.13. The van der Waals surface area contributed by atoms with Crippen LogP contribution in [-0.2, 0) is 0 Å². The minimum atomic E-state index is 1.04. The highest BCUT2D eigenvalue weighted by atomic mass is 14.7. The third-order valence-corrected chi connectivity index (χ3v) is 7.64. The highest BCUT2D eigenvalue weighted by Gasteiger charge is 2.67. The Balaban J connectivity index is 1.48. The third-order valence-electron chi connectivity index (χ3n) is 7.64. The molecule has 0 aromatic carbocycles. The normalized spacial score (nSPS) is 68.7. The molecule has 6 aliphatic rings. The van der Waals surface area contributed by atoms with Crippen molar-refractivity contribution in [2.45, 2.75) is 38.5 Å². The van der Waals surface area contributed by atoms with Crippen LogP contribution in [0.5, 0.6) is 0 Å². The van der Waals surface area contributed by atoms with E-state index in [2.05, 4.69) is 6.08 Å². The summed E-state index contributed by atoms with van der Waals surface area (Å²) in [7, 11) is 0. The van der Waals surface area contributed by atoms with Crippen LogP contribution in [0, 0.1) is 53.3 Å². The van der Waals surface area contributed by atoms with Gasteiger partial charge in [0.1, 0.15) is 0 Å². The van der Waals surface area contributed by atoms with Crippen molar-refractivity contribution in [3.8, 4) is 0 Å². The molecule has 9 unspecified atom stereocenters. The number of hydrogen-bond donors (Lipinski definition) is 0. The van der Waals surface area contributed by atoms with Gasteiger partial charge in [0.25, 0.3) is 0 Å². The zero-order valence-corrected chi connectivity index (χ0v) is 10.5. The summed E-state index contributed by atoms with van der Waals surface area (Å²) in [4.78, 5) is 0. The standard InChI is InChI=1S/C17H22/c1-2-8-4-13-11-6-10(11)12-7-14(12)17(13)15-5-9(3-1)16(8)15/h4,8-12,14-17H,1-3,5-7H2. The van der Waals surface area contributed by atoms with Gasteiger partial charge in [-0.1, -0.05) is 24.5 Å². The van der Waals surface area contributed by atoms with E-state index in [4.69, 9.17) is 0 Å². The van der Waals surface area contributed by atoms with Crippen molar-refractivity contribution >= 4 is 0 Å². The van der Waals surface area contributed by atoms with Crippen LogP contribution in [0.3, 0.4) is 0 Å². The molecule has 0 bridgehead atoms. The maximum atomic E-state index is 2.84. The molecule has 0 saturated heterocycles. The summed E-state index contributed by atoms with van der Waals surface area (Å²) in [5, 5.41) is 0. The first kappa shape index (κ1) is 8.77. The zero-order valence-electron chi connectivity index (χ0n) is 10.5. The van der Waals surface area contributed by atoms with Crippen LogP contribution < -0.4 is 0 Å². The fraction of sp³-hybridized carbons (Fsp3) is 0.882. The van der Waals surface area contributed by atoms with Gasteiger partial charge in [-0.15, -0.1) is 0 Å². The second-order valence-electron chi connectivity index (χ2n) is 8.09. The highest BCUT2D eigenvalue weighted by Crippen LogP contribution is 2.75. The molecule has 0 aromatic heterocycles. The molecule has 17 heavy (non-hydrogen) atoms. The number of hydrogen-bond acceptors (Lipinski definition) is 0. The van der Waals surface area contributed by atoms with E-state index >= 15 is 0 Å². The molecule has 0 N–H and O–H groups in total. The van der Waals surface area contributed by atoms with Crippen LogP contribution in [0.2, 0.25) is 0 Å². The molecule has 0 heteroatoms. The Bertz CT molecular complexity index is 433. The summed E-state index contributed by atoms with van der Waals surface area (Å²) in [6.07, 6.45) is 12.3. The van der Waals surface area contributed by atoms with Crippen LogP contribution >= 0.6 is 0 Å². The van der Waals surface area contributed by atoms with E-state index in [0.717, 1.165) is 29.6 Å². The molecule has 90 valence electrons. The summed E-state index contributed by atoms with van der Waals surface area (Å²) in [5.74, 6) is 10.3. The molecule has 6 aliphatic carbocycles. The van der Waals surface area contributed by atoms with E-state index in [9.17, 15) is 0 Å². The molecular formula is C17H22. The van der Waals surface area contributed by atoms with Gasteiger partial charge in [0, 0.05) is 0 Å². The molecule has 0 amide bonds. The lowest BCUT2D eigenvalue weighted by atomic mass is 9.46. The zero-order chi connectivity index (χ0) is 10.7. The van der Waals surface area contributed by atoms with Crippen LogP contribution in [0.25, 0.3) is 0 Å². The van der Waals surface area contributed by atoms with E-state index in [1.54, 1.807) is 32.1 Å². The Morgan fingerprint density at radius 1 is 0.882 bits per heavy atom. The first-order valence-electron chi connectivity index (χ1n) is 8.13. The van der Waals surface area contributed by atoms with Gasteiger partial charge >= 0.3 is 0 Å². The Labute approximate surface area is 104 Å². The van der Waals surface area contributed by atoms with E-state index in [-0.39, 0.29) is 0 Å². The van der Waals surface area contributed by atoms with Gasteiger partial charge in [-0.2, -0.15) is 0 Å². The molecule has 6 rings (SSSR count). The average molecular weight is 226 g/mol. The molecular weight excluding hydrogens is 204 g/mol. The third kappa shape index (κ3) is 0.891. The fourth-order valence-corrected chi connectivity index (χ4v) is 6.94. The molecule has 0 aliphatic heterocycles. The van der Waals surface area contributed by atoms with Crippen molar-refractivity contribution in [2.24, 2.45) is 53.3 Å². The molecule has 0 aromatic rings. The van der Waals surface area contributed by atoms with Crippen molar-refractivity contribution in [3.63, 3.8) is 0 Å². The smallest absolute Gasteiger partial charge is 0.0138 e. The van der Waals surface area contributed by atoms with Crippen molar-refractivity contribution in [1.82, 2.24) is 0 Å². The Kier molecular flexibility index (Phi) is 1.31. The van der Waals surface area contributed by atoms with Crippen LogP contribution in [0.1, 0.15) is 38.5 Å². The van der Waals surface area contributed by atoms with E-state index < -0.39 is 0 Å². The quantitative estimate of drug-likeness (QED) is 0.550. The van der Waals surface area contributed by atoms with E-state index in [1.165, 1.54) is 30.1 Å². The predicted octanol–water partition coefficient (Wildman–Crippen LogP) is 3.88. The SMILES string of the molecule is C1=C2C3CC3C3CC3C2C2CC3CCCC1C32. The van der Waals surface area contributed by atoms with Gasteiger partial charge in [-0.3, -0.25) is 0 Å². The van der Waals surface area contributed by atoms with Gasteiger partial charge in [0.05, 0.1) is 0 Å². The number of fused-ring (bicyclic) bond motifs is 7. The van der Waals surface area contributed by atoms with Crippen LogP contribution in [-0.4, -0.2) is 0 Å². The second kappa shape index (κ2) is 2.53. The van der Waals surface area contributed by atoms with Gasteiger partial charge in [0.2, 0.25) is 0 Å². The maximum absolute atomic E-state index is 2.84. The van der Waals surface area contributed by atoms with Crippen LogP contribution in [0.15, 0.2) is 11.6 Å². The Hall–Kier alpha value is -0.260. The fourth-order valence-electron chi connectivity index (χ4n) is 6.94. The minimum Gasteiger partial charge on any atom is -0.0813 e. The summed E-state index contributed by atoms with van der Waals surface area (Å²) in [6, 6.07) is 0. The van der Waals surface area contributed by atoms with Crippen molar-refractivity contribution < 1.29 is 0 Å². The number of allylic oxidation sites excluding steroid dienone is 2. The largest absolute Gasteiger partial charge is 0.0813 e. The summed E-state index contributed by atoms with van der Waals surface area (Å²) in [5.41, 5.74) is 2.01. The second-order valence-corrected chi connectivity index (χ2v) is 8.09. The molecule has 0 radical (unpaired) electrons. The van der Waals surface area contributed by atoms with Crippen molar-refractivity contribution in [3.05, 3.63) is 11.6 Å². The predicted molar refractivity (Wildman–Crippen MR) is 67.2 cm³/mol. The van der Waals surface area contributed by atoms with Gasteiger partial charge in [0.15, 0.2) is 0 Å². The lowest BCUT2D eigenvalue weighted by Crippen LogP contribution is -2.51. The summed E-state index contributed by atoms with van der Waals surface area (Å²) in [6.45, 7) is 0. The molecule has 0 spiro atoms. The average Bonchev–Trinajstić information content (AvgIpc) is 3.14. The molecule has 0 heterocycles. The van der Waals surface area contributed by atoms with Crippen LogP contribution in [0.4, 0.5) is 0 Å². The topological polar surface area (TPSA) is 0 Å². The lowest BCUT2D eigenvalue weighted by Gasteiger charge is -2.58. The monoisotopic (exact) mass is 226 g/mol. The molecule has 9 atom stereocenters. The highest BCUT2D eigenvalue weighted by molar-refractivity contribution is 5.34. The first-order chi connectivity index (χ1) is 8.42. The van der Waals surface area contributed by atoms with E-state index in [0.29, 0.717) is 0 Å². The van der Waals surface area contributed by atoms with Crippen molar-refractivity contribution in [1.29, 1.82) is 0 Å². The molecule has 0 nitrogen and oxygen atoms in total.